The second-order valence-electron chi connectivity index (χ2n) is 3.73. The summed E-state index contributed by atoms with van der Waals surface area (Å²) in [5.74, 6) is -1.51. The molecule has 1 heterocycles. The van der Waals surface area contributed by atoms with Gasteiger partial charge in [0.2, 0.25) is 5.91 Å². The van der Waals surface area contributed by atoms with E-state index >= 15 is 0 Å². The Morgan fingerprint density at radius 1 is 1.31 bits per heavy atom. The third-order valence-electron chi connectivity index (χ3n) is 2.39. The lowest BCUT2D eigenvalue weighted by Crippen LogP contribution is -2.38. The summed E-state index contributed by atoms with van der Waals surface area (Å²) in [5.41, 5.74) is 0. The molecule has 1 fully saturated rings. The summed E-state index contributed by atoms with van der Waals surface area (Å²) in [6, 6.07) is 0. The number of carbonyl (C=O) groups excluding carboxylic acids is 1. The molecule has 1 amide bonds. The van der Waals surface area contributed by atoms with E-state index in [0.29, 0.717) is 6.54 Å². The first-order chi connectivity index (χ1) is 7.68. The first-order valence-corrected chi connectivity index (χ1v) is 5.47. The molecule has 0 aliphatic carbocycles. The van der Waals surface area contributed by atoms with Crippen LogP contribution in [-0.4, -0.2) is 61.3 Å². The number of amides is 1. The molecule has 1 aliphatic rings. The minimum absolute atomic E-state index is 0.422. The van der Waals surface area contributed by atoms with Gasteiger partial charge >= 0.3 is 5.97 Å². The van der Waals surface area contributed by atoms with E-state index in [0.717, 1.165) is 39.3 Å². The van der Waals surface area contributed by atoms with Crippen molar-refractivity contribution in [3.05, 3.63) is 0 Å². The van der Waals surface area contributed by atoms with Crippen LogP contribution < -0.4 is 5.32 Å². The average molecular weight is 230 g/mol. The number of nitrogens with zero attached hydrogens (tertiary/aromatic N) is 1. The summed E-state index contributed by atoms with van der Waals surface area (Å²) in [6.07, 6.45) is 0.392. The predicted molar refractivity (Wildman–Crippen MR) is 57.1 cm³/mol. The van der Waals surface area contributed by atoms with Crippen LogP contribution in [-0.2, 0) is 14.3 Å². The van der Waals surface area contributed by atoms with Gasteiger partial charge in [0.1, 0.15) is 6.42 Å². The van der Waals surface area contributed by atoms with Crippen molar-refractivity contribution in [2.75, 3.05) is 39.4 Å². The standard InChI is InChI=1S/C10H18N2O4/c13-9(8-10(14)15)11-2-1-3-12-4-6-16-7-5-12/h1-8H2,(H,11,13)(H,14,15). The first kappa shape index (κ1) is 12.9. The molecule has 0 saturated carbocycles. The quantitative estimate of drug-likeness (QED) is 0.466. The lowest BCUT2D eigenvalue weighted by atomic mass is 10.3. The molecule has 0 radical (unpaired) electrons. The zero-order chi connectivity index (χ0) is 11.8. The Morgan fingerprint density at radius 2 is 2.00 bits per heavy atom. The number of carboxylic acid groups (broad SMARTS) is 1. The number of ether oxygens (including phenoxy) is 1. The van der Waals surface area contributed by atoms with Crippen LogP contribution in [0.25, 0.3) is 0 Å². The Bertz CT molecular complexity index is 239. The number of hydrogen-bond acceptors (Lipinski definition) is 4. The van der Waals surface area contributed by atoms with Gasteiger partial charge in [0.15, 0.2) is 0 Å². The second-order valence-corrected chi connectivity index (χ2v) is 3.73. The van der Waals surface area contributed by atoms with E-state index in [1.165, 1.54) is 0 Å². The van der Waals surface area contributed by atoms with E-state index in [4.69, 9.17) is 9.84 Å². The molecule has 6 heteroatoms. The Morgan fingerprint density at radius 3 is 2.62 bits per heavy atom. The van der Waals surface area contributed by atoms with Crippen molar-refractivity contribution in [1.29, 1.82) is 0 Å². The van der Waals surface area contributed by atoms with Crippen LogP contribution in [0.15, 0.2) is 0 Å². The van der Waals surface area contributed by atoms with Crippen LogP contribution in [0, 0.1) is 0 Å². The van der Waals surface area contributed by atoms with Gasteiger partial charge in [0, 0.05) is 19.6 Å². The van der Waals surface area contributed by atoms with Gasteiger partial charge in [0.25, 0.3) is 0 Å². The van der Waals surface area contributed by atoms with Gasteiger partial charge in [-0.25, -0.2) is 0 Å². The molecule has 1 saturated heterocycles. The van der Waals surface area contributed by atoms with Crippen molar-refractivity contribution in [2.45, 2.75) is 12.8 Å². The number of nitrogens with one attached hydrogen (secondary N) is 1. The molecule has 0 aromatic rings. The van der Waals surface area contributed by atoms with E-state index in [9.17, 15) is 9.59 Å². The zero-order valence-corrected chi connectivity index (χ0v) is 9.28. The molecular weight excluding hydrogens is 212 g/mol. The number of rotatable bonds is 6. The third kappa shape index (κ3) is 5.67. The maximum absolute atomic E-state index is 11.0. The highest BCUT2D eigenvalue weighted by molar-refractivity contribution is 5.93. The Kier molecular flexibility index (Phi) is 5.81. The number of carboxylic acids is 1. The summed E-state index contributed by atoms with van der Waals surface area (Å²) in [6.45, 7) is 4.85. The monoisotopic (exact) mass is 230 g/mol. The van der Waals surface area contributed by atoms with E-state index in [1.54, 1.807) is 0 Å². The fraction of sp³-hybridized carbons (Fsp3) is 0.800. The normalized spacial score (nSPS) is 17.0. The Labute approximate surface area is 94.6 Å². The highest BCUT2D eigenvalue weighted by Crippen LogP contribution is 1.97. The Hall–Kier alpha value is -1.14. The molecule has 0 bridgehead atoms. The van der Waals surface area contributed by atoms with Crippen molar-refractivity contribution in [3.8, 4) is 0 Å². The van der Waals surface area contributed by atoms with Gasteiger partial charge in [-0.15, -0.1) is 0 Å². The topological polar surface area (TPSA) is 78.9 Å². The zero-order valence-electron chi connectivity index (χ0n) is 9.28. The number of aliphatic carboxylic acids is 1. The van der Waals surface area contributed by atoms with Gasteiger partial charge in [-0.2, -0.15) is 0 Å². The van der Waals surface area contributed by atoms with Crippen molar-refractivity contribution in [1.82, 2.24) is 10.2 Å². The number of carbonyl (C=O) groups is 2. The van der Waals surface area contributed by atoms with Gasteiger partial charge in [-0.1, -0.05) is 0 Å². The fourth-order valence-corrected chi connectivity index (χ4v) is 1.56. The van der Waals surface area contributed by atoms with Crippen molar-refractivity contribution in [3.63, 3.8) is 0 Å². The third-order valence-corrected chi connectivity index (χ3v) is 2.39. The summed E-state index contributed by atoms with van der Waals surface area (Å²) in [5, 5.41) is 10.9. The first-order valence-electron chi connectivity index (χ1n) is 5.47. The molecule has 1 aliphatic heterocycles. The lowest BCUT2D eigenvalue weighted by Gasteiger charge is -2.26. The summed E-state index contributed by atoms with van der Waals surface area (Å²) in [4.78, 5) is 23.5. The van der Waals surface area contributed by atoms with Crippen LogP contribution in [0.5, 0.6) is 0 Å². The molecule has 0 atom stereocenters. The highest BCUT2D eigenvalue weighted by Gasteiger charge is 2.10. The maximum Gasteiger partial charge on any atom is 0.312 e. The van der Waals surface area contributed by atoms with Crippen LogP contribution >= 0.6 is 0 Å². The Balaban J connectivity index is 1.98. The van der Waals surface area contributed by atoms with Crippen LogP contribution in [0.4, 0.5) is 0 Å². The number of morpholine rings is 1. The molecule has 2 N–H and O–H groups in total. The number of hydrogen-bond donors (Lipinski definition) is 2. The van der Waals surface area contributed by atoms with E-state index in [1.807, 2.05) is 0 Å². The maximum atomic E-state index is 11.0. The van der Waals surface area contributed by atoms with Gasteiger partial charge in [-0.3, -0.25) is 14.5 Å². The average Bonchev–Trinajstić information content (AvgIpc) is 2.25. The molecule has 0 spiro atoms. The minimum atomic E-state index is -1.09. The molecule has 92 valence electrons. The molecule has 0 aromatic carbocycles. The smallest absolute Gasteiger partial charge is 0.312 e. The van der Waals surface area contributed by atoms with Gasteiger partial charge < -0.3 is 15.2 Å². The van der Waals surface area contributed by atoms with Gasteiger partial charge in [0.05, 0.1) is 13.2 Å². The lowest BCUT2D eigenvalue weighted by molar-refractivity contribution is -0.140. The van der Waals surface area contributed by atoms with Crippen molar-refractivity contribution < 1.29 is 19.4 Å². The van der Waals surface area contributed by atoms with E-state index in [-0.39, 0.29) is 0 Å². The van der Waals surface area contributed by atoms with Crippen LogP contribution in [0.1, 0.15) is 12.8 Å². The molecular formula is C10H18N2O4. The highest BCUT2D eigenvalue weighted by atomic mass is 16.5. The van der Waals surface area contributed by atoms with E-state index < -0.39 is 18.3 Å². The fourth-order valence-electron chi connectivity index (χ4n) is 1.56. The summed E-state index contributed by atoms with van der Waals surface area (Å²) < 4.78 is 5.21. The van der Waals surface area contributed by atoms with E-state index in [2.05, 4.69) is 10.2 Å². The van der Waals surface area contributed by atoms with Crippen LogP contribution in [0.2, 0.25) is 0 Å². The largest absolute Gasteiger partial charge is 0.481 e. The predicted octanol–water partition coefficient (Wildman–Crippen LogP) is -0.700. The molecule has 0 aromatic heterocycles. The SMILES string of the molecule is O=C(O)CC(=O)NCCCN1CCOCC1. The van der Waals surface area contributed by atoms with Crippen LogP contribution in [0.3, 0.4) is 0 Å². The minimum Gasteiger partial charge on any atom is -0.481 e. The molecule has 6 nitrogen and oxygen atoms in total. The molecule has 16 heavy (non-hydrogen) atoms. The second kappa shape index (κ2) is 7.19. The summed E-state index contributed by atoms with van der Waals surface area (Å²) in [7, 11) is 0. The van der Waals surface area contributed by atoms with Crippen molar-refractivity contribution in [2.24, 2.45) is 0 Å². The molecule has 0 unspecified atom stereocenters. The van der Waals surface area contributed by atoms with Gasteiger partial charge in [-0.05, 0) is 13.0 Å². The molecule has 1 rings (SSSR count). The van der Waals surface area contributed by atoms with Crippen molar-refractivity contribution >= 4 is 11.9 Å². The summed E-state index contributed by atoms with van der Waals surface area (Å²) >= 11 is 0.